The minimum absolute atomic E-state index is 0.0416. The standard InChI is InChI=1S/C12H20O4S3/c1-4-12(6-14-9(2)18,7-15-10(3)19)8-16-11(13)5-17/h17H,4-8H2,1-3H3. The van der Waals surface area contributed by atoms with Gasteiger partial charge in [0.15, 0.2) is 10.1 Å². The molecule has 0 spiro atoms. The van der Waals surface area contributed by atoms with E-state index in [0.29, 0.717) is 29.7 Å². The molecule has 0 saturated heterocycles. The smallest absolute Gasteiger partial charge is 0.315 e. The Morgan fingerprint density at radius 2 is 1.47 bits per heavy atom. The van der Waals surface area contributed by atoms with Crippen molar-refractivity contribution in [2.24, 2.45) is 5.41 Å². The van der Waals surface area contributed by atoms with Gasteiger partial charge in [-0.1, -0.05) is 6.92 Å². The van der Waals surface area contributed by atoms with Crippen LogP contribution in [0.25, 0.3) is 0 Å². The molecule has 0 aromatic rings. The molecular weight excluding hydrogens is 304 g/mol. The van der Waals surface area contributed by atoms with Crippen LogP contribution in [0.15, 0.2) is 0 Å². The average molecular weight is 324 g/mol. The summed E-state index contributed by atoms with van der Waals surface area (Å²) in [6.07, 6.45) is 0.706. The fraction of sp³-hybridized carbons (Fsp3) is 0.750. The van der Waals surface area contributed by atoms with Gasteiger partial charge in [-0.15, -0.1) is 0 Å². The van der Waals surface area contributed by atoms with Crippen LogP contribution in [0.1, 0.15) is 27.2 Å². The first-order valence-electron chi connectivity index (χ1n) is 5.88. The van der Waals surface area contributed by atoms with E-state index in [1.54, 1.807) is 13.8 Å². The molecule has 19 heavy (non-hydrogen) atoms. The summed E-state index contributed by atoms with van der Waals surface area (Å²) in [5, 5.41) is 0.884. The van der Waals surface area contributed by atoms with Crippen molar-refractivity contribution < 1.29 is 19.0 Å². The maximum absolute atomic E-state index is 11.2. The Balaban J connectivity index is 4.67. The number of ether oxygens (including phenoxy) is 3. The maximum Gasteiger partial charge on any atom is 0.315 e. The topological polar surface area (TPSA) is 44.8 Å². The van der Waals surface area contributed by atoms with E-state index < -0.39 is 5.41 Å². The molecular formula is C12H20O4S3. The van der Waals surface area contributed by atoms with Crippen molar-refractivity contribution in [3.8, 4) is 0 Å². The summed E-state index contributed by atoms with van der Waals surface area (Å²) in [6, 6.07) is 0. The lowest BCUT2D eigenvalue weighted by atomic mass is 9.88. The second-order valence-electron chi connectivity index (χ2n) is 4.23. The highest BCUT2D eigenvalue weighted by Gasteiger charge is 2.32. The van der Waals surface area contributed by atoms with Crippen LogP contribution >= 0.6 is 37.1 Å². The summed E-state index contributed by atoms with van der Waals surface area (Å²) in [6.45, 7) is 6.19. The molecule has 7 heteroatoms. The summed E-state index contributed by atoms with van der Waals surface area (Å²) >= 11 is 13.7. The fourth-order valence-electron chi connectivity index (χ4n) is 1.22. The minimum Gasteiger partial charge on any atom is -0.487 e. The van der Waals surface area contributed by atoms with E-state index in [-0.39, 0.29) is 18.3 Å². The van der Waals surface area contributed by atoms with E-state index in [1.165, 1.54) is 0 Å². The van der Waals surface area contributed by atoms with Crippen molar-refractivity contribution in [3.05, 3.63) is 0 Å². The number of thiocarbonyl (C=S) groups is 2. The van der Waals surface area contributed by atoms with Gasteiger partial charge in [0.25, 0.3) is 0 Å². The van der Waals surface area contributed by atoms with Crippen molar-refractivity contribution in [1.82, 2.24) is 0 Å². The zero-order chi connectivity index (χ0) is 14.9. The zero-order valence-electron chi connectivity index (χ0n) is 11.4. The first-order valence-corrected chi connectivity index (χ1v) is 7.33. The van der Waals surface area contributed by atoms with Crippen LogP contribution in [0.5, 0.6) is 0 Å². The van der Waals surface area contributed by atoms with Crippen LogP contribution in [0.2, 0.25) is 0 Å². The van der Waals surface area contributed by atoms with Gasteiger partial charge in [-0.25, -0.2) is 0 Å². The fourth-order valence-corrected chi connectivity index (χ4v) is 1.43. The summed E-state index contributed by atoms with van der Waals surface area (Å²) < 4.78 is 15.9. The Morgan fingerprint density at radius 1 is 1.05 bits per heavy atom. The van der Waals surface area contributed by atoms with Gasteiger partial charge in [-0.05, 0) is 30.9 Å². The highest BCUT2D eigenvalue weighted by Crippen LogP contribution is 2.24. The van der Waals surface area contributed by atoms with Crippen molar-refractivity contribution in [3.63, 3.8) is 0 Å². The van der Waals surface area contributed by atoms with Gasteiger partial charge in [0.05, 0.1) is 11.2 Å². The van der Waals surface area contributed by atoms with Gasteiger partial charge in [0, 0.05) is 13.8 Å². The second kappa shape index (κ2) is 9.50. The number of thiol groups is 1. The number of esters is 1. The minimum atomic E-state index is -0.460. The quantitative estimate of drug-likeness (QED) is 0.421. The molecule has 0 fully saturated rings. The molecule has 0 aliphatic rings. The Morgan fingerprint density at radius 3 is 1.79 bits per heavy atom. The van der Waals surface area contributed by atoms with Gasteiger partial charge in [-0.2, -0.15) is 12.6 Å². The Bertz CT molecular complexity index is 313. The summed E-state index contributed by atoms with van der Waals surface area (Å²) in [4.78, 5) is 11.2. The first kappa shape index (κ1) is 18.6. The lowest BCUT2D eigenvalue weighted by Crippen LogP contribution is -2.38. The average Bonchev–Trinajstić information content (AvgIpc) is 2.37. The third kappa shape index (κ3) is 8.39. The van der Waals surface area contributed by atoms with Gasteiger partial charge in [0.1, 0.15) is 19.8 Å². The Hall–Kier alpha value is -0.400. The summed E-state index contributed by atoms with van der Waals surface area (Å²) in [7, 11) is 0. The Labute approximate surface area is 130 Å². The van der Waals surface area contributed by atoms with Gasteiger partial charge < -0.3 is 14.2 Å². The molecule has 4 nitrogen and oxygen atoms in total. The van der Waals surface area contributed by atoms with Crippen LogP contribution in [0.3, 0.4) is 0 Å². The lowest BCUT2D eigenvalue weighted by Gasteiger charge is -2.31. The molecule has 0 N–H and O–H groups in total. The van der Waals surface area contributed by atoms with Crippen LogP contribution in [0, 0.1) is 5.41 Å². The van der Waals surface area contributed by atoms with Gasteiger partial charge in [0.2, 0.25) is 0 Å². The number of rotatable bonds is 8. The van der Waals surface area contributed by atoms with Gasteiger partial charge in [-0.3, -0.25) is 4.79 Å². The molecule has 110 valence electrons. The molecule has 0 aromatic carbocycles. The number of hydrogen-bond acceptors (Lipinski definition) is 7. The summed E-state index contributed by atoms with van der Waals surface area (Å²) in [5.74, 6) is -0.334. The predicted molar refractivity (Wildman–Crippen MR) is 86.0 cm³/mol. The van der Waals surface area contributed by atoms with Crippen molar-refractivity contribution >= 4 is 53.1 Å². The van der Waals surface area contributed by atoms with Crippen LogP contribution < -0.4 is 0 Å². The SMILES string of the molecule is CCC(COC(=O)CS)(COC(C)=S)COC(C)=S. The van der Waals surface area contributed by atoms with E-state index in [4.69, 9.17) is 38.6 Å². The molecule has 0 atom stereocenters. The molecule has 0 aliphatic heterocycles. The maximum atomic E-state index is 11.2. The lowest BCUT2D eigenvalue weighted by molar-refractivity contribution is -0.146. The molecule has 0 unspecified atom stereocenters. The van der Waals surface area contributed by atoms with E-state index in [1.807, 2.05) is 6.92 Å². The van der Waals surface area contributed by atoms with E-state index in [0.717, 1.165) is 0 Å². The first-order chi connectivity index (χ1) is 8.85. The predicted octanol–water partition coefficient (Wildman–Crippen LogP) is 2.58. The van der Waals surface area contributed by atoms with Crippen molar-refractivity contribution in [2.75, 3.05) is 25.6 Å². The van der Waals surface area contributed by atoms with E-state index in [9.17, 15) is 4.79 Å². The molecule has 0 amide bonds. The number of carbonyl (C=O) groups excluding carboxylic acids is 1. The second-order valence-corrected chi connectivity index (χ2v) is 5.70. The third-order valence-corrected chi connectivity index (χ3v) is 3.08. The molecule has 0 heterocycles. The molecule has 0 aromatic heterocycles. The van der Waals surface area contributed by atoms with Crippen molar-refractivity contribution in [1.29, 1.82) is 0 Å². The Kier molecular flexibility index (Phi) is 9.30. The van der Waals surface area contributed by atoms with Crippen LogP contribution in [-0.2, 0) is 19.0 Å². The van der Waals surface area contributed by atoms with Crippen LogP contribution in [-0.4, -0.2) is 41.6 Å². The van der Waals surface area contributed by atoms with E-state index >= 15 is 0 Å². The molecule has 0 radical (unpaired) electrons. The third-order valence-electron chi connectivity index (χ3n) is 2.58. The molecule has 0 saturated carbocycles. The van der Waals surface area contributed by atoms with Crippen molar-refractivity contribution in [2.45, 2.75) is 27.2 Å². The monoisotopic (exact) mass is 324 g/mol. The summed E-state index contributed by atoms with van der Waals surface area (Å²) in [5.41, 5.74) is -0.460. The molecule has 0 rings (SSSR count). The van der Waals surface area contributed by atoms with Gasteiger partial charge >= 0.3 is 5.97 Å². The molecule has 0 bridgehead atoms. The number of hydrogen-bond donors (Lipinski definition) is 1. The zero-order valence-corrected chi connectivity index (χ0v) is 14.0. The van der Waals surface area contributed by atoms with E-state index in [2.05, 4.69) is 12.6 Å². The largest absolute Gasteiger partial charge is 0.487 e. The van der Waals surface area contributed by atoms with Crippen LogP contribution in [0.4, 0.5) is 0 Å². The molecule has 0 aliphatic carbocycles. The number of carbonyl (C=O) groups is 1. The highest BCUT2D eigenvalue weighted by molar-refractivity contribution is 7.81. The normalized spacial score (nSPS) is 10.7. The highest BCUT2D eigenvalue weighted by atomic mass is 32.1.